The summed E-state index contributed by atoms with van der Waals surface area (Å²) in [5.74, 6) is 0.463. The molecule has 0 atom stereocenters. The first-order valence-electron chi connectivity index (χ1n) is 7.48. The molecule has 4 rings (SSSR count). The third-order valence-electron chi connectivity index (χ3n) is 4.78. The zero-order valence-electron chi connectivity index (χ0n) is 12.6. The van der Waals surface area contributed by atoms with E-state index < -0.39 is 0 Å². The summed E-state index contributed by atoms with van der Waals surface area (Å²) in [5.41, 5.74) is 12.5. The quantitative estimate of drug-likeness (QED) is 0.872. The number of nitrogen functional groups attached to an aromatic ring is 1. The molecule has 1 aliphatic heterocycles. The van der Waals surface area contributed by atoms with Crippen molar-refractivity contribution in [1.82, 2.24) is 14.9 Å². The van der Waals surface area contributed by atoms with Crippen LogP contribution in [0.25, 0.3) is 11.3 Å². The van der Waals surface area contributed by atoms with Crippen LogP contribution >= 0.6 is 0 Å². The Morgan fingerprint density at radius 2 is 2.00 bits per heavy atom. The topological polar surface area (TPSA) is 55.0 Å². The van der Waals surface area contributed by atoms with Gasteiger partial charge in [0.15, 0.2) is 0 Å². The SMILES string of the molecule is Cc1cc(-c2cnc(N)cn2)cc2c1C1(CC1)CN(C)C2. The molecule has 0 unspecified atom stereocenters. The second kappa shape index (κ2) is 4.28. The van der Waals surface area contributed by atoms with Crippen LogP contribution < -0.4 is 5.73 Å². The van der Waals surface area contributed by atoms with Crippen LogP contribution in [0.3, 0.4) is 0 Å². The fraction of sp³-hybridized carbons (Fsp3) is 0.412. The lowest BCUT2D eigenvalue weighted by atomic mass is 9.82. The van der Waals surface area contributed by atoms with Gasteiger partial charge in [-0.3, -0.25) is 4.98 Å². The van der Waals surface area contributed by atoms with Crippen molar-refractivity contribution in [1.29, 1.82) is 0 Å². The zero-order chi connectivity index (χ0) is 14.6. The maximum atomic E-state index is 5.63. The molecule has 1 spiro atoms. The summed E-state index contributed by atoms with van der Waals surface area (Å²) in [6.45, 7) is 4.45. The lowest BCUT2D eigenvalue weighted by molar-refractivity contribution is 0.270. The number of hydrogen-bond acceptors (Lipinski definition) is 4. The molecule has 0 bridgehead atoms. The average Bonchev–Trinajstić information content (AvgIpc) is 3.17. The van der Waals surface area contributed by atoms with E-state index >= 15 is 0 Å². The monoisotopic (exact) mass is 280 g/mol. The van der Waals surface area contributed by atoms with E-state index in [1.807, 2.05) is 0 Å². The summed E-state index contributed by atoms with van der Waals surface area (Å²) in [5, 5.41) is 0. The van der Waals surface area contributed by atoms with Crippen molar-refractivity contribution in [3.8, 4) is 11.3 Å². The number of nitrogens with two attached hydrogens (primary N) is 1. The number of likely N-dealkylation sites (N-methyl/N-ethyl adjacent to an activating group) is 1. The van der Waals surface area contributed by atoms with E-state index in [4.69, 9.17) is 5.73 Å². The molecule has 1 aromatic carbocycles. The molecule has 21 heavy (non-hydrogen) atoms. The molecule has 2 aliphatic rings. The maximum absolute atomic E-state index is 5.63. The van der Waals surface area contributed by atoms with Gasteiger partial charge in [-0.15, -0.1) is 0 Å². The largest absolute Gasteiger partial charge is 0.382 e. The third kappa shape index (κ3) is 2.02. The summed E-state index contributed by atoms with van der Waals surface area (Å²) >= 11 is 0. The molecule has 1 aliphatic carbocycles. The van der Waals surface area contributed by atoms with E-state index in [1.54, 1.807) is 18.0 Å². The number of rotatable bonds is 1. The van der Waals surface area contributed by atoms with Crippen molar-refractivity contribution in [3.05, 3.63) is 41.2 Å². The first-order chi connectivity index (χ1) is 10.1. The molecule has 1 fully saturated rings. The molecule has 4 nitrogen and oxygen atoms in total. The van der Waals surface area contributed by atoms with Gasteiger partial charge >= 0.3 is 0 Å². The van der Waals surface area contributed by atoms with Crippen LogP contribution in [0.1, 0.15) is 29.5 Å². The van der Waals surface area contributed by atoms with Crippen LogP contribution in [0.5, 0.6) is 0 Å². The molecule has 108 valence electrons. The molecule has 2 N–H and O–H groups in total. The van der Waals surface area contributed by atoms with Gasteiger partial charge in [-0.1, -0.05) is 0 Å². The van der Waals surface area contributed by atoms with Crippen LogP contribution in [0.2, 0.25) is 0 Å². The second-order valence-electron chi connectivity index (χ2n) is 6.61. The van der Waals surface area contributed by atoms with Gasteiger partial charge in [0.25, 0.3) is 0 Å². The van der Waals surface area contributed by atoms with Gasteiger partial charge in [0, 0.05) is 24.1 Å². The van der Waals surface area contributed by atoms with Gasteiger partial charge < -0.3 is 10.6 Å². The smallest absolute Gasteiger partial charge is 0.141 e. The Bertz CT molecular complexity index is 701. The Kier molecular flexibility index (Phi) is 2.60. The van der Waals surface area contributed by atoms with E-state index in [2.05, 4.69) is 41.0 Å². The zero-order valence-corrected chi connectivity index (χ0v) is 12.6. The van der Waals surface area contributed by atoms with Gasteiger partial charge in [-0.25, -0.2) is 4.98 Å². The molecular weight excluding hydrogens is 260 g/mol. The first kappa shape index (κ1) is 12.8. The predicted molar refractivity (Wildman–Crippen MR) is 83.9 cm³/mol. The highest BCUT2D eigenvalue weighted by atomic mass is 15.1. The number of benzene rings is 1. The highest BCUT2D eigenvalue weighted by Crippen LogP contribution is 2.53. The Morgan fingerprint density at radius 3 is 2.67 bits per heavy atom. The number of aryl methyl sites for hydroxylation is 1. The van der Waals surface area contributed by atoms with Gasteiger partial charge in [-0.2, -0.15) is 0 Å². The molecule has 1 saturated carbocycles. The molecule has 2 heterocycles. The third-order valence-corrected chi connectivity index (χ3v) is 4.78. The van der Waals surface area contributed by atoms with Crippen LogP contribution in [0, 0.1) is 6.92 Å². The van der Waals surface area contributed by atoms with Gasteiger partial charge in [0.05, 0.1) is 18.1 Å². The van der Waals surface area contributed by atoms with E-state index in [0.717, 1.165) is 17.8 Å². The van der Waals surface area contributed by atoms with Gasteiger partial charge in [-0.05, 0) is 55.6 Å². The van der Waals surface area contributed by atoms with Crippen molar-refractivity contribution in [2.75, 3.05) is 19.3 Å². The van der Waals surface area contributed by atoms with Crippen LogP contribution in [0.15, 0.2) is 24.5 Å². The predicted octanol–water partition coefficient (Wildman–Crippen LogP) is 2.51. The summed E-state index contributed by atoms with van der Waals surface area (Å²) in [6, 6.07) is 4.54. The van der Waals surface area contributed by atoms with Crippen LogP contribution in [-0.2, 0) is 12.0 Å². The number of anilines is 1. The first-order valence-corrected chi connectivity index (χ1v) is 7.48. The fourth-order valence-corrected chi connectivity index (χ4v) is 3.88. The van der Waals surface area contributed by atoms with Crippen molar-refractivity contribution >= 4 is 5.82 Å². The van der Waals surface area contributed by atoms with E-state index in [9.17, 15) is 0 Å². The normalized spacial score (nSPS) is 19.5. The van der Waals surface area contributed by atoms with E-state index in [1.165, 1.54) is 30.5 Å². The summed E-state index contributed by atoms with van der Waals surface area (Å²) in [6.07, 6.45) is 6.03. The maximum Gasteiger partial charge on any atom is 0.141 e. The molecule has 0 saturated heterocycles. The van der Waals surface area contributed by atoms with E-state index in [-0.39, 0.29) is 0 Å². The lowest BCUT2D eigenvalue weighted by Crippen LogP contribution is -2.35. The Labute approximate surface area is 125 Å². The van der Waals surface area contributed by atoms with Gasteiger partial charge in [0.1, 0.15) is 5.82 Å². The lowest BCUT2D eigenvalue weighted by Gasteiger charge is -2.34. The summed E-state index contributed by atoms with van der Waals surface area (Å²) in [4.78, 5) is 11.0. The summed E-state index contributed by atoms with van der Waals surface area (Å²) in [7, 11) is 2.22. The van der Waals surface area contributed by atoms with Crippen molar-refractivity contribution in [2.24, 2.45) is 0 Å². The number of aromatic nitrogens is 2. The molecule has 2 aromatic rings. The molecule has 1 aromatic heterocycles. The standard InChI is InChI=1S/C17H20N4/c1-11-5-12(14-7-20-15(18)8-19-14)6-13-9-21(2)10-17(3-4-17)16(11)13/h5-8H,3-4,9-10H2,1-2H3,(H2,18,20). The average molecular weight is 280 g/mol. The Hall–Kier alpha value is -1.94. The number of fused-ring (bicyclic) bond motifs is 2. The minimum Gasteiger partial charge on any atom is -0.382 e. The van der Waals surface area contributed by atoms with Crippen LogP contribution in [0.4, 0.5) is 5.82 Å². The fourth-order valence-electron chi connectivity index (χ4n) is 3.88. The molecule has 0 amide bonds. The molecule has 0 radical (unpaired) electrons. The Balaban J connectivity index is 1.84. The minimum absolute atomic E-state index is 0.428. The highest BCUT2D eigenvalue weighted by Gasteiger charge is 2.49. The number of hydrogen-bond donors (Lipinski definition) is 1. The molecular formula is C17H20N4. The summed E-state index contributed by atoms with van der Waals surface area (Å²) < 4.78 is 0. The minimum atomic E-state index is 0.428. The van der Waals surface area contributed by atoms with Crippen molar-refractivity contribution in [2.45, 2.75) is 31.7 Å². The van der Waals surface area contributed by atoms with Gasteiger partial charge in [0.2, 0.25) is 0 Å². The second-order valence-corrected chi connectivity index (χ2v) is 6.61. The van der Waals surface area contributed by atoms with Crippen LogP contribution in [-0.4, -0.2) is 28.5 Å². The number of nitrogens with zero attached hydrogens (tertiary/aromatic N) is 3. The Morgan fingerprint density at radius 1 is 1.19 bits per heavy atom. The van der Waals surface area contributed by atoms with Crippen molar-refractivity contribution in [3.63, 3.8) is 0 Å². The molecule has 4 heteroatoms. The van der Waals surface area contributed by atoms with E-state index in [0.29, 0.717) is 11.2 Å². The van der Waals surface area contributed by atoms with Crippen molar-refractivity contribution < 1.29 is 0 Å². The highest BCUT2D eigenvalue weighted by molar-refractivity contribution is 5.64.